The molecule has 0 atom stereocenters. The van der Waals surface area contributed by atoms with E-state index in [1.165, 1.54) is 12.1 Å². The molecule has 0 saturated carbocycles. The minimum absolute atomic E-state index is 0.0358. The molecule has 0 saturated heterocycles. The molecular formula is C16H13F3N2OS. The summed E-state index contributed by atoms with van der Waals surface area (Å²) in [6, 6.07) is 13.7. The Labute approximate surface area is 136 Å². The zero-order valence-corrected chi connectivity index (χ0v) is 12.7. The number of halogens is 3. The van der Waals surface area contributed by atoms with E-state index in [1.54, 1.807) is 0 Å². The number of nitrogens with one attached hydrogen (secondary N) is 2. The van der Waals surface area contributed by atoms with E-state index in [0.29, 0.717) is 6.54 Å². The first-order valence-corrected chi connectivity index (χ1v) is 7.07. The second-order valence-electron chi connectivity index (χ2n) is 4.70. The molecule has 120 valence electrons. The van der Waals surface area contributed by atoms with Gasteiger partial charge >= 0.3 is 6.18 Å². The molecule has 0 aliphatic heterocycles. The summed E-state index contributed by atoms with van der Waals surface area (Å²) in [5.74, 6) is -0.657. The molecule has 2 aromatic rings. The number of anilines is 1. The number of benzene rings is 2. The molecule has 0 fully saturated rings. The standard InChI is InChI=1S/C16H13F3N2OS/c17-16(18,19)12-7-4-8-13(9-12)21-14(22)15(23)20-10-11-5-2-1-3-6-11/h1-9H,10H2,(H,20,23)(H,21,22). The van der Waals surface area contributed by atoms with Gasteiger partial charge in [0.25, 0.3) is 5.91 Å². The van der Waals surface area contributed by atoms with Crippen LogP contribution in [0.3, 0.4) is 0 Å². The van der Waals surface area contributed by atoms with Gasteiger partial charge in [-0.15, -0.1) is 0 Å². The van der Waals surface area contributed by atoms with Crippen molar-refractivity contribution in [3.05, 3.63) is 65.7 Å². The van der Waals surface area contributed by atoms with Gasteiger partial charge in [-0.3, -0.25) is 4.79 Å². The summed E-state index contributed by atoms with van der Waals surface area (Å²) in [7, 11) is 0. The molecule has 2 N–H and O–H groups in total. The van der Waals surface area contributed by atoms with Crippen LogP contribution in [0.2, 0.25) is 0 Å². The van der Waals surface area contributed by atoms with Gasteiger partial charge in [0.05, 0.1) is 5.56 Å². The molecule has 0 aromatic heterocycles. The van der Waals surface area contributed by atoms with Crippen LogP contribution in [0.4, 0.5) is 18.9 Å². The highest BCUT2D eigenvalue weighted by atomic mass is 32.1. The maximum absolute atomic E-state index is 12.6. The SMILES string of the molecule is O=C(Nc1cccc(C(F)(F)F)c1)C(=S)NCc1ccccc1. The molecule has 0 aliphatic rings. The normalized spacial score (nSPS) is 10.9. The lowest BCUT2D eigenvalue weighted by molar-refractivity contribution is -0.137. The maximum Gasteiger partial charge on any atom is 0.416 e. The molecule has 0 unspecified atom stereocenters. The quantitative estimate of drug-likeness (QED) is 0.837. The number of hydrogen-bond donors (Lipinski definition) is 2. The number of alkyl halides is 3. The summed E-state index contributed by atoms with van der Waals surface area (Å²) < 4.78 is 37.9. The monoisotopic (exact) mass is 338 g/mol. The van der Waals surface area contributed by atoms with Crippen LogP contribution in [0.15, 0.2) is 54.6 Å². The van der Waals surface area contributed by atoms with Gasteiger partial charge in [-0.05, 0) is 23.8 Å². The first-order chi connectivity index (χ1) is 10.9. The van der Waals surface area contributed by atoms with Crippen molar-refractivity contribution in [2.24, 2.45) is 0 Å². The minimum Gasteiger partial charge on any atom is -0.368 e. The molecule has 23 heavy (non-hydrogen) atoms. The fourth-order valence-corrected chi connectivity index (χ4v) is 1.94. The van der Waals surface area contributed by atoms with Crippen LogP contribution in [-0.2, 0) is 17.5 Å². The smallest absolute Gasteiger partial charge is 0.368 e. The fourth-order valence-electron chi connectivity index (χ4n) is 1.82. The van der Waals surface area contributed by atoms with Crippen LogP contribution in [-0.4, -0.2) is 10.9 Å². The Bertz CT molecular complexity index is 702. The minimum atomic E-state index is -4.47. The van der Waals surface area contributed by atoms with Crippen molar-refractivity contribution < 1.29 is 18.0 Å². The van der Waals surface area contributed by atoms with Gasteiger partial charge in [0.15, 0.2) is 4.99 Å². The molecule has 0 radical (unpaired) electrons. The van der Waals surface area contributed by atoms with Gasteiger partial charge in [-0.25, -0.2) is 0 Å². The number of thiocarbonyl (C=S) groups is 1. The van der Waals surface area contributed by atoms with E-state index >= 15 is 0 Å². The third-order valence-electron chi connectivity index (χ3n) is 2.95. The lowest BCUT2D eigenvalue weighted by Crippen LogP contribution is -2.33. The van der Waals surface area contributed by atoms with Crippen molar-refractivity contribution >= 4 is 28.8 Å². The molecule has 2 aromatic carbocycles. The summed E-state index contributed by atoms with van der Waals surface area (Å²) in [5, 5.41) is 5.11. The van der Waals surface area contributed by atoms with E-state index in [-0.39, 0.29) is 10.7 Å². The van der Waals surface area contributed by atoms with Crippen molar-refractivity contribution in [2.45, 2.75) is 12.7 Å². The summed E-state index contributed by atoms with van der Waals surface area (Å²) in [4.78, 5) is 11.8. The van der Waals surface area contributed by atoms with E-state index in [2.05, 4.69) is 10.6 Å². The number of carbonyl (C=O) groups excluding carboxylic acids is 1. The van der Waals surface area contributed by atoms with Gasteiger partial charge in [-0.2, -0.15) is 13.2 Å². The molecule has 0 spiro atoms. The zero-order chi connectivity index (χ0) is 16.9. The summed E-state index contributed by atoms with van der Waals surface area (Å²) >= 11 is 4.94. The van der Waals surface area contributed by atoms with Crippen LogP contribution < -0.4 is 10.6 Å². The average Bonchev–Trinajstić information content (AvgIpc) is 2.53. The number of carbonyl (C=O) groups is 1. The maximum atomic E-state index is 12.6. The van der Waals surface area contributed by atoms with Gasteiger partial charge in [-0.1, -0.05) is 48.6 Å². The van der Waals surface area contributed by atoms with Crippen LogP contribution in [0.25, 0.3) is 0 Å². The van der Waals surface area contributed by atoms with E-state index in [9.17, 15) is 18.0 Å². The first-order valence-electron chi connectivity index (χ1n) is 6.66. The van der Waals surface area contributed by atoms with Crippen LogP contribution in [0.1, 0.15) is 11.1 Å². The Hall–Kier alpha value is -2.41. The second kappa shape index (κ2) is 7.23. The molecule has 7 heteroatoms. The predicted octanol–water partition coefficient (Wildman–Crippen LogP) is 3.76. The Morgan fingerprint density at radius 1 is 1.04 bits per heavy atom. The predicted molar refractivity (Wildman–Crippen MR) is 86.0 cm³/mol. The Morgan fingerprint density at radius 3 is 2.39 bits per heavy atom. The van der Waals surface area contributed by atoms with Crippen molar-refractivity contribution in [3.63, 3.8) is 0 Å². The topological polar surface area (TPSA) is 41.1 Å². The van der Waals surface area contributed by atoms with E-state index < -0.39 is 17.6 Å². The highest BCUT2D eigenvalue weighted by Gasteiger charge is 2.30. The van der Waals surface area contributed by atoms with Crippen LogP contribution in [0.5, 0.6) is 0 Å². The van der Waals surface area contributed by atoms with Crippen molar-refractivity contribution in [1.29, 1.82) is 0 Å². The van der Waals surface area contributed by atoms with Crippen molar-refractivity contribution in [3.8, 4) is 0 Å². The second-order valence-corrected chi connectivity index (χ2v) is 5.11. The molecule has 2 rings (SSSR count). The van der Waals surface area contributed by atoms with Crippen molar-refractivity contribution in [2.75, 3.05) is 5.32 Å². The Kier molecular flexibility index (Phi) is 5.33. The third kappa shape index (κ3) is 5.07. The van der Waals surface area contributed by atoms with Crippen LogP contribution in [0, 0.1) is 0 Å². The van der Waals surface area contributed by atoms with E-state index in [1.807, 2.05) is 30.3 Å². The van der Waals surface area contributed by atoms with Gasteiger partial charge in [0.2, 0.25) is 0 Å². The van der Waals surface area contributed by atoms with Gasteiger partial charge in [0.1, 0.15) is 0 Å². The molecule has 0 heterocycles. The highest BCUT2D eigenvalue weighted by Crippen LogP contribution is 2.30. The number of hydrogen-bond acceptors (Lipinski definition) is 2. The average molecular weight is 338 g/mol. The lowest BCUT2D eigenvalue weighted by atomic mass is 10.2. The molecule has 1 amide bonds. The number of rotatable bonds is 3. The van der Waals surface area contributed by atoms with Crippen LogP contribution >= 0.6 is 12.2 Å². The molecule has 3 nitrogen and oxygen atoms in total. The lowest BCUT2D eigenvalue weighted by Gasteiger charge is -2.11. The fraction of sp³-hybridized carbons (Fsp3) is 0.125. The largest absolute Gasteiger partial charge is 0.416 e. The van der Waals surface area contributed by atoms with E-state index in [4.69, 9.17) is 12.2 Å². The third-order valence-corrected chi connectivity index (χ3v) is 3.28. The Morgan fingerprint density at radius 2 is 1.74 bits per heavy atom. The summed E-state index contributed by atoms with van der Waals surface area (Å²) in [6.07, 6.45) is -4.47. The number of amides is 1. The van der Waals surface area contributed by atoms with Gasteiger partial charge < -0.3 is 10.6 Å². The molecule has 0 aliphatic carbocycles. The zero-order valence-electron chi connectivity index (χ0n) is 11.9. The summed E-state index contributed by atoms with van der Waals surface area (Å²) in [6.45, 7) is 0.357. The first kappa shape index (κ1) is 17.0. The van der Waals surface area contributed by atoms with Crippen molar-refractivity contribution in [1.82, 2.24) is 5.32 Å². The Balaban J connectivity index is 1.95. The summed E-state index contributed by atoms with van der Waals surface area (Å²) in [5.41, 5.74) is 0.133. The van der Waals surface area contributed by atoms with E-state index in [0.717, 1.165) is 17.7 Å². The van der Waals surface area contributed by atoms with Gasteiger partial charge in [0, 0.05) is 12.2 Å². The molecule has 0 bridgehead atoms. The highest BCUT2D eigenvalue weighted by molar-refractivity contribution is 7.82. The molecular weight excluding hydrogens is 325 g/mol.